The Morgan fingerprint density at radius 2 is 1.85 bits per heavy atom. The van der Waals surface area contributed by atoms with Crippen molar-refractivity contribution in [1.29, 1.82) is 0 Å². The van der Waals surface area contributed by atoms with Crippen molar-refractivity contribution in [3.8, 4) is 11.5 Å². The zero-order valence-electron chi connectivity index (χ0n) is 13.5. The van der Waals surface area contributed by atoms with Crippen molar-refractivity contribution in [2.45, 2.75) is 58.7 Å². The number of hydrogen-bond acceptors (Lipinski definition) is 2. The number of hydrogen-bond donors (Lipinski definition) is 0. The first-order valence-electron chi connectivity index (χ1n) is 7.29. The van der Waals surface area contributed by atoms with Crippen molar-refractivity contribution in [3.05, 3.63) is 22.7 Å². The van der Waals surface area contributed by atoms with Gasteiger partial charge in [-0.05, 0) is 58.7 Å². The van der Waals surface area contributed by atoms with Gasteiger partial charge in [0.1, 0.15) is 11.5 Å². The third-order valence-electron chi connectivity index (χ3n) is 3.84. The average Bonchev–Trinajstić information content (AvgIpc) is 2.31. The van der Waals surface area contributed by atoms with Crippen LogP contribution >= 0.6 is 15.9 Å². The maximum Gasteiger partial charge on any atom is 0.250 e. The molecule has 0 spiro atoms. The first kappa shape index (κ1) is 17.6. The third-order valence-corrected chi connectivity index (χ3v) is 8.80. The highest BCUT2D eigenvalue weighted by Gasteiger charge is 2.39. The molecule has 4 heteroatoms. The normalized spacial score (nSPS) is 12.3. The van der Waals surface area contributed by atoms with Crippen molar-refractivity contribution in [3.63, 3.8) is 0 Å². The van der Waals surface area contributed by atoms with Gasteiger partial charge in [0.05, 0.1) is 11.1 Å². The number of halogens is 1. The van der Waals surface area contributed by atoms with Crippen LogP contribution in [0.3, 0.4) is 0 Å². The van der Waals surface area contributed by atoms with Crippen LogP contribution in [-0.2, 0) is 0 Å². The molecule has 0 unspecified atom stereocenters. The van der Waals surface area contributed by atoms with E-state index in [1.807, 2.05) is 18.2 Å². The van der Waals surface area contributed by atoms with Gasteiger partial charge in [-0.3, -0.25) is 0 Å². The molecule has 0 aromatic heterocycles. The largest absolute Gasteiger partial charge is 0.543 e. The van der Waals surface area contributed by atoms with Gasteiger partial charge in [0.15, 0.2) is 0 Å². The molecule has 114 valence electrons. The highest BCUT2D eigenvalue weighted by molar-refractivity contribution is 9.10. The summed E-state index contributed by atoms with van der Waals surface area (Å²) in [5.41, 5.74) is 0. The van der Waals surface area contributed by atoms with Gasteiger partial charge in [-0.1, -0.05) is 34.1 Å². The topological polar surface area (TPSA) is 18.5 Å². The van der Waals surface area contributed by atoms with Gasteiger partial charge in [-0.25, -0.2) is 0 Å². The van der Waals surface area contributed by atoms with Crippen molar-refractivity contribution in [1.82, 2.24) is 0 Å². The lowest BCUT2D eigenvalue weighted by molar-refractivity contribution is 0.309. The zero-order chi connectivity index (χ0) is 15.4. The van der Waals surface area contributed by atoms with E-state index < -0.39 is 8.32 Å². The molecule has 0 bridgehead atoms. The molecule has 0 atom stereocenters. The molecule has 0 saturated heterocycles. The minimum atomic E-state index is -1.80. The number of benzene rings is 1. The molecule has 0 amide bonds. The molecule has 0 saturated carbocycles. The highest BCUT2D eigenvalue weighted by Crippen LogP contribution is 2.40. The summed E-state index contributed by atoms with van der Waals surface area (Å²) in [6.45, 7) is 14.2. The van der Waals surface area contributed by atoms with E-state index in [1.165, 1.54) is 0 Å². The van der Waals surface area contributed by atoms with Gasteiger partial charge >= 0.3 is 0 Å². The van der Waals surface area contributed by atoms with E-state index in [-0.39, 0.29) is 5.04 Å². The van der Waals surface area contributed by atoms with Crippen LogP contribution in [0.1, 0.15) is 40.5 Å². The van der Waals surface area contributed by atoms with Crippen LogP contribution in [0.4, 0.5) is 0 Å². The second-order valence-electron chi connectivity index (χ2n) is 6.66. The first-order valence-corrected chi connectivity index (χ1v) is 11.0. The minimum absolute atomic E-state index is 0.197. The summed E-state index contributed by atoms with van der Waals surface area (Å²) >= 11 is 3.59. The van der Waals surface area contributed by atoms with Crippen LogP contribution in [0.15, 0.2) is 22.7 Å². The van der Waals surface area contributed by atoms with Gasteiger partial charge in [0.2, 0.25) is 0 Å². The van der Waals surface area contributed by atoms with E-state index in [0.29, 0.717) is 0 Å². The van der Waals surface area contributed by atoms with E-state index in [2.05, 4.69) is 56.7 Å². The monoisotopic (exact) mass is 358 g/mol. The molecular weight excluding hydrogens is 332 g/mol. The molecule has 0 fully saturated rings. The van der Waals surface area contributed by atoms with Gasteiger partial charge in [-0.15, -0.1) is 0 Å². The van der Waals surface area contributed by atoms with E-state index in [4.69, 9.17) is 9.16 Å². The Kier molecular flexibility index (Phi) is 6.14. The highest BCUT2D eigenvalue weighted by atomic mass is 79.9. The quantitative estimate of drug-likeness (QED) is 0.457. The SMILES string of the molecule is CCCCOc1ccc(O[Si](C)(C)C(C)(C)C)c(Br)c1. The summed E-state index contributed by atoms with van der Waals surface area (Å²) in [6, 6.07) is 5.99. The van der Waals surface area contributed by atoms with Crippen LogP contribution in [-0.4, -0.2) is 14.9 Å². The van der Waals surface area contributed by atoms with Crippen LogP contribution in [0.5, 0.6) is 11.5 Å². The predicted octanol–water partition coefficient (Wildman–Crippen LogP) is 6.01. The second-order valence-corrected chi connectivity index (χ2v) is 12.2. The lowest BCUT2D eigenvalue weighted by Gasteiger charge is -2.36. The van der Waals surface area contributed by atoms with Crippen molar-refractivity contribution < 1.29 is 9.16 Å². The Balaban J connectivity index is 2.78. The fourth-order valence-corrected chi connectivity index (χ4v) is 3.04. The molecule has 0 heterocycles. The van der Waals surface area contributed by atoms with Gasteiger partial charge in [0.25, 0.3) is 8.32 Å². The Morgan fingerprint density at radius 3 is 2.35 bits per heavy atom. The maximum absolute atomic E-state index is 6.31. The summed E-state index contributed by atoms with van der Waals surface area (Å²) < 4.78 is 13.0. The number of rotatable bonds is 6. The summed E-state index contributed by atoms with van der Waals surface area (Å²) in [5.74, 6) is 1.81. The Labute approximate surface area is 133 Å². The lowest BCUT2D eigenvalue weighted by Crippen LogP contribution is -2.43. The smallest absolute Gasteiger partial charge is 0.250 e. The summed E-state index contributed by atoms with van der Waals surface area (Å²) in [4.78, 5) is 0. The molecule has 1 aromatic carbocycles. The molecule has 0 radical (unpaired) electrons. The third kappa shape index (κ3) is 4.81. The fraction of sp³-hybridized carbons (Fsp3) is 0.625. The van der Waals surface area contributed by atoms with E-state index >= 15 is 0 Å². The average molecular weight is 359 g/mol. The first-order chi connectivity index (χ1) is 9.17. The fourth-order valence-electron chi connectivity index (χ4n) is 1.42. The van der Waals surface area contributed by atoms with Crippen molar-refractivity contribution >= 4 is 24.2 Å². The van der Waals surface area contributed by atoms with Crippen LogP contribution < -0.4 is 9.16 Å². The minimum Gasteiger partial charge on any atom is -0.543 e. The standard InChI is InChI=1S/C16H27BrO2Si/c1-7-8-11-18-13-9-10-15(14(17)12-13)19-20(5,6)16(2,3)4/h9-10,12H,7-8,11H2,1-6H3. The van der Waals surface area contributed by atoms with E-state index in [9.17, 15) is 0 Å². The number of ether oxygens (including phenoxy) is 1. The lowest BCUT2D eigenvalue weighted by atomic mass is 10.2. The molecule has 0 aliphatic carbocycles. The molecule has 0 aliphatic heterocycles. The molecule has 0 aliphatic rings. The Hall–Kier alpha value is -0.483. The second kappa shape index (κ2) is 6.99. The van der Waals surface area contributed by atoms with E-state index in [1.54, 1.807) is 0 Å². The molecule has 1 rings (SSSR count). The Bertz CT molecular complexity index is 439. The van der Waals surface area contributed by atoms with Gasteiger partial charge < -0.3 is 9.16 Å². The van der Waals surface area contributed by atoms with Gasteiger partial charge in [-0.2, -0.15) is 0 Å². The van der Waals surface area contributed by atoms with Crippen LogP contribution in [0.25, 0.3) is 0 Å². The maximum atomic E-state index is 6.31. The van der Waals surface area contributed by atoms with Crippen LogP contribution in [0.2, 0.25) is 18.1 Å². The van der Waals surface area contributed by atoms with Crippen molar-refractivity contribution in [2.24, 2.45) is 0 Å². The molecule has 2 nitrogen and oxygen atoms in total. The molecular formula is C16H27BrO2Si. The van der Waals surface area contributed by atoms with Crippen molar-refractivity contribution in [2.75, 3.05) is 6.61 Å². The van der Waals surface area contributed by atoms with Gasteiger partial charge in [0, 0.05) is 0 Å². The molecule has 20 heavy (non-hydrogen) atoms. The van der Waals surface area contributed by atoms with E-state index in [0.717, 1.165) is 35.4 Å². The predicted molar refractivity (Wildman–Crippen MR) is 92.4 cm³/mol. The number of unbranched alkanes of at least 4 members (excludes halogenated alkanes) is 1. The van der Waals surface area contributed by atoms with Crippen LogP contribution in [0, 0.1) is 0 Å². The summed E-state index contributed by atoms with van der Waals surface area (Å²) in [7, 11) is -1.80. The Morgan fingerprint density at radius 1 is 1.20 bits per heavy atom. The molecule has 0 N–H and O–H groups in total. The zero-order valence-corrected chi connectivity index (χ0v) is 16.1. The molecule has 1 aromatic rings. The summed E-state index contributed by atoms with van der Waals surface area (Å²) in [5, 5.41) is 0.197. The summed E-state index contributed by atoms with van der Waals surface area (Å²) in [6.07, 6.45) is 2.23.